The second-order valence-electron chi connectivity index (χ2n) is 8.67. The van der Waals surface area contributed by atoms with Gasteiger partial charge in [-0.3, -0.25) is 9.69 Å². The molecule has 0 radical (unpaired) electrons. The van der Waals surface area contributed by atoms with E-state index in [1.165, 1.54) is 5.56 Å². The Morgan fingerprint density at radius 1 is 1.03 bits per heavy atom. The number of nitrogens with one attached hydrogen (secondary N) is 1. The lowest BCUT2D eigenvalue weighted by atomic mass is 9.89. The van der Waals surface area contributed by atoms with Crippen LogP contribution in [0, 0.1) is 0 Å². The average molecular weight is 405 g/mol. The molecule has 2 aromatic carbocycles. The summed E-state index contributed by atoms with van der Waals surface area (Å²) >= 11 is 0. The molecule has 1 aromatic heterocycles. The highest BCUT2D eigenvalue weighted by molar-refractivity contribution is 5.79. The third-order valence-corrected chi connectivity index (χ3v) is 6.13. The molecule has 0 saturated carbocycles. The lowest BCUT2D eigenvalue weighted by Gasteiger charge is -2.32. The summed E-state index contributed by atoms with van der Waals surface area (Å²) < 4.78 is 2.23. The molecule has 0 bridgehead atoms. The third kappa shape index (κ3) is 4.41. The number of carbonyl (C=O) groups is 1. The molecule has 1 fully saturated rings. The van der Waals surface area contributed by atoms with E-state index in [-0.39, 0.29) is 18.0 Å². The fraction of sp³-hybridized carbons (Fsp3) is 0.440. The van der Waals surface area contributed by atoms with Crippen molar-refractivity contribution in [1.82, 2.24) is 19.8 Å². The zero-order chi connectivity index (χ0) is 21.1. The first kappa shape index (κ1) is 20.6. The first-order chi connectivity index (χ1) is 14.5. The Labute approximate surface area is 179 Å². The Morgan fingerprint density at radius 3 is 2.40 bits per heavy atom. The predicted octanol–water partition coefficient (Wildman–Crippen LogP) is 4.67. The van der Waals surface area contributed by atoms with Gasteiger partial charge in [0, 0.05) is 6.04 Å². The highest BCUT2D eigenvalue weighted by atomic mass is 16.2. The van der Waals surface area contributed by atoms with Gasteiger partial charge in [0.1, 0.15) is 5.82 Å². The van der Waals surface area contributed by atoms with E-state index in [4.69, 9.17) is 4.98 Å². The van der Waals surface area contributed by atoms with Crippen LogP contribution >= 0.6 is 0 Å². The number of amides is 1. The van der Waals surface area contributed by atoms with E-state index < -0.39 is 0 Å². The molecule has 1 N–H and O–H groups in total. The molecule has 0 spiro atoms. The van der Waals surface area contributed by atoms with Gasteiger partial charge in [0.15, 0.2) is 0 Å². The molecule has 5 nitrogen and oxygen atoms in total. The molecular formula is C25H32N4O. The highest BCUT2D eigenvalue weighted by Crippen LogP contribution is 2.28. The summed E-state index contributed by atoms with van der Waals surface area (Å²) in [4.78, 5) is 19.8. The van der Waals surface area contributed by atoms with E-state index in [2.05, 4.69) is 65.0 Å². The van der Waals surface area contributed by atoms with Gasteiger partial charge in [-0.05, 0) is 70.3 Å². The van der Waals surface area contributed by atoms with Crippen LogP contribution in [0.2, 0.25) is 0 Å². The summed E-state index contributed by atoms with van der Waals surface area (Å²) in [6.45, 7) is 8.72. The van der Waals surface area contributed by atoms with Crippen LogP contribution in [-0.4, -0.2) is 40.0 Å². The number of hydrogen-bond donors (Lipinski definition) is 1. The lowest BCUT2D eigenvalue weighted by Crippen LogP contribution is -2.42. The largest absolute Gasteiger partial charge is 0.345 e. The number of aromatic nitrogens is 2. The first-order valence-electron chi connectivity index (χ1n) is 11.1. The molecule has 1 amide bonds. The minimum atomic E-state index is -0.130. The molecule has 5 heteroatoms. The fourth-order valence-electron chi connectivity index (χ4n) is 4.62. The van der Waals surface area contributed by atoms with Crippen molar-refractivity contribution in [2.45, 2.75) is 51.6 Å². The van der Waals surface area contributed by atoms with Gasteiger partial charge in [0.05, 0.1) is 23.6 Å². The minimum absolute atomic E-state index is 0.0722. The van der Waals surface area contributed by atoms with E-state index in [9.17, 15) is 4.79 Å². The van der Waals surface area contributed by atoms with Gasteiger partial charge in [-0.25, -0.2) is 4.98 Å². The monoisotopic (exact) mass is 404 g/mol. The first-order valence-corrected chi connectivity index (χ1v) is 11.1. The number of fused-ring (bicyclic) bond motifs is 1. The Balaban J connectivity index is 1.36. The van der Waals surface area contributed by atoms with E-state index in [1.54, 1.807) is 0 Å². The van der Waals surface area contributed by atoms with Crippen LogP contribution in [0.3, 0.4) is 0 Å². The summed E-state index contributed by atoms with van der Waals surface area (Å²) in [7, 11) is 0. The molecule has 30 heavy (non-hydrogen) atoms. The molecule has 1 unspecified atom stereocenters. The molecule has 4 rings (SSSR count). The van der Waals surface area contributed by atoms with E-state index in [0.717, 1.165) is 42.8 Å². The molecule has 1 atom stereocenters. The molecule has 0 aliphatic carbocycles. The molecule has 1 aliphatic rings. The van der Waals surface area contributed by atoms with Crippen LogP contribution in [0.15, 0.2) is 54.6 Å². The second kappa shape index (κ2) is 9.00. The second-order valence-corrected chi connectivity index (χ2v) is 8.67. The standard InChI is InChI=1S/C25H32N4O/c1-18(2)29-23-12-8-7-11-22(23)27-25(29)19(3)26-24(30)17-28-15-13-21(14-16-28)20-9-5-4-6-10-20/h4-12,18-19,21H,13-17H2,1-3H3,(H,26,30). The Kier molecular flexibility index (Phi) is 6.18. The Bertz CT molecular complexity index is 987. The number of hydrogen-bond acceptors (Lipinski definition) is 3. The SMILES string of the molecule is CC(NC(=O)CN1CCC(c2ccccc2)CC1)c1nc2ccccc2n1C(C)C. The molecule has 1 saturated heterocycles. The van der Waals surface area contributed by atoms with Crippen molar-refractivity contribution < 1.29 is 4.79 Å². The number of nitrogens with zero attached hydrogens (tertiary/aromatic N) is 3. The number of para-hydroxylation sites is 2. The number of likely N-dealkylation sites (tertiary alicyclic amines) is 1. The number of carbonyl (C=O) groups excluding carboxylic acids is 1. The summed E-state index contributed by atoms with van der Waals surface area (Å²) in [6, 6.07) is 19.0. The van der Waals surface area contributed by atoms with Gasteiger partial charge in [-0.1, -0.05) is 42.5 Å². The highest BCUT2D eigenvalue weighted by Gasteiger charge is 2.24. The normalized spacial score (nSPS) is 16.8. The number of rotatable bonds is 6. The lowest BCUT2D eigenvalue weighted by molar-refractivity contribution is -0.123. The van der Waals surface area contributed by atoms with Crippen molar-refractivity contribution in [2.75, 3.05) is 19.6 Å². The van der Waals surface area contributed by atoms with Crippen molar-refractivity contribution >= 4 is 16.9 Å². The van der Waals surface area contributed by atoms with Crippen LogP contribution in [0.5, 0.6) is 0 Å². The van der Waals surface area contributed by atoms with Crippen LogP contribution in [0.1, 0.15) is 63.0 Å². The van der Waals surface area contributed by atoms with Gasteiger partial charge in [-0.15, -0.1) is 0 Å². The minimum Gasteiger partial charge on any atom is -0.345 e. The summed E-state index contributed by atoms with van der Waals surface area (Å²) in [5.74, 6) is 1.60. The van der Waals surface area contributed by atoms with Crippen LogP contribution in [-0.2, 0) is 4.79 Å². The molecule has 158 valence electrons. The average Bonchev–Trinajstić information content (AvgIpc) is 3.15. The topological polar surface area (TPSA) is 50.2 Å². The third-order valence-electron chi connectivity index (χ3n) is 6.13. The van der Waals surface area contributed by atoms with E-state index >= 15 is 0 Å². The van der Waals surface area contributed by atoms with Gasteiger partial charge in [-0.2, -0.15) is 0 Å². The maximum Gasteiger partial charge on any atom is 0.234 e. The Hall–Kier alpha value is -2.66. The molecule has 3 aromatic rings. The van der Waals surface area contributed by atoms with Crippen molar-refractivity contribution in [2.24, 2.45) is 0 Å². The fourth-order valence-corrected chi connectivity index (χ4v) is 4.62. The maximum atomic E-state index is 12.8. The van der Waals surface area contributed by atoms with Crippen molar-refractivity contribution in [3.8, 4) is 0 Å². The van der Waals surface area contributed by atoms with Crippen LogP contribution < -0.4 is 5.32 Å². The van der Waals surface area contributed by atoms with Crippen molar-refractivity contribution in [3.63, 3.8) is 0 Å². The number of benzene rings is 2. The Morgan fingerprint density at radius 2 is 1.70 bits per heavy atom. The van der Waals surface area contributed by atoms with Gasteiger partial charge in [0.25, 0.3) is 0 Å². The van der Waals surface area contributed by atoms with Crippen molar-refractivity contribution in [3.05, 3.63) is 66.0 Å². The quantitative estimate of drug-likeness (QED) is 0.649. The molecule has 2 heterocycles. The summed E-state index contributed by atoms with van der Waals surface area (Å²) in [5, 5.41) is 3.18. The summed E-state index contributed by atoms with van der Waals surface area (Å²) in [6.07, 6.45) is 2.21. The van der Waals surface area contributed by atoms with Gasteiger partial charge >= 0.3 is 0 Å². The zero-order valence-corrected chi connectivity index (χ0v) is 18.2. The van der Waals surface area contributed by atoms with Crippen LogP contribution in [0.25, 0.3) is 11.0 Å². The van der Waals surface area contributed by atoms with E-state index in [0.29, 0.717) is 12.5 Å². The maximum absolute atomic E-state index is 12.8. The number of piperidine rings is 1. The zero-order valence-electron chi connectivity index (χ0n) is 18.2. The smallest absolute Gasteiger partial charge is 0.234 e. The van der Waals surface area contributed by atoms with Gasteiger partial charge < -0.3 is 9.88 Å². The van der Waals surface area contributed by atoms with Crippen LogP contribution in [0.4, 0.5) is 0 Å². The molecule has 1 aliphatic heterocycles. The van der Waals surface area contributed by atoms with Gasteiger partial charge in [0.2, 0.25) is 5.91 Å². The predicted molar refractivity (Wildman–Crippen MR) is 122 cm³/mol. The number of imidazole rings is 1. The van der Waals surface area contributed by atoms with E-state index in [1.807, 2.05) is 25.1 Å². The summed E-state index contributed by atoms with van der Waals surface area (Å²) in [5.41, 5.74) is 3.51. The van der Waals surface area contributed by atoms with Crippen molar-refractivity contribution in [1.29, 1.82) is 0 Å². The molecular weight excluding hydrogens is 372 g/mol.